The minimum absolute atomic E-state index is 0.236. The van der Waals surface area contributed by atoms with Crippen LogP contribution in [0.5, 0.6) is 0 Å². The van der Waals surface area contributed by atoms with Gasteiger partial charge in [-0.2, -0.15) is 0 Å². The Morgan fingerprint density at radius 1 is 1.56 bits per heavy atom. The van der Waals surface area contributed by atoms with Crippen molar-refractivity contribution in [2.45, 2.75) is 26.3 Å². The second kappa shape index (κ2) is 5.67. The zero-order valence-corrected chi connectivity index (χ0v) is 12.5. The fourth-order valence-electron chi connectivity index (χ4n) is 1.36. The van der Waals surface area contributed by atoms with Crippen molar-refractivity contribution in [3.8, 4) is 0 Å². The zero-order valence-electron chi connectivity index (χ0n) is 10.1. The van der Waals surface area contributed by atoms with Crippen molar-refractivity contribution in [2.24, 2.45) is 0 Å². The number of thiazole rings is 1. The predicted octanol–water partition coefficient (Wildman–Crippen LogP) is 3.55. The molecule has 1 amide bonds. The van der Waals surface area contributed by atoms with E-state index in [4.69, 9.17) is 4.42 Å². The maximum Gasteiger partial charge on any atom is 0.287 e. The molecule has 0 spiro atoms. The molecule has 0 aliphatic carbocycles. The fraction of sp³-hybridized carbons (Fsp3) is 0.333. The van der Waals surface area contributed by atoms with Crippen molar-refractivity contribution in [3.05, 3.63) is 38.6 Å². The summed E-state index contributed by atoms with van der Waals surface area (Å²) < 4.78 is 5.71. The van der Waals surface area contributed by atoms with Gasteiger partial charge in [-0.1, -0.05) is 13.8 Å². The molecule has 2 rings (SSSR count). The van der Waals surface area contributed by atoms with Crippen molar-refractivity contribution < 1.29 is 9.21 Å². The molecule has 6 heteroatoms. The third-order valence-corrected chi connectivity index (χ3v) is 3.91. The number of rotatable bonds is 4. The summed E-state index contributed by atoms with van der Waals surface area (Å²) in [4.78, 5) is 16.2. The average Bonchev–Trinajstić information content (AvgIpc) is 2.94. The molecule has 0 aliphatic heterocycles. The SMILES string of the molecule is CC(C)c1nc(CNC(=O)c2ccc(Br)o2)cs1. The summed E-state index contributed by atoms with van der Waals surface area (Å²) in [5, 5.41) is 5.82. The van der Waals surface area contributed by atoms with Gasteiger partial charge in [0.15, 0.2) is 10.4 Å². The first kappa shape index (κ1) is 13.3. The molecule has 4 nitrogen and oxygen atoms in total. The van der Waals surface area contributed by atoms with Gasteiger partial charge >= 0.3 is 0 Å². The highest BCUT2D eigenvalue weighted by Crippen LogP contribution is 2.19. The number of nitrogens with one attached hydrogen (secondary N) is 1. The van der Waals surface area contributed by atoms with Crippen molar-refractivity contribution in [1.82, 2.24) is 10.3 Å². The largest absolute Gasteiger partial charge is 0.444 e. The molecular weight excluding hydrogens is 316 g/mol. The van der Waals surface area contributed by atoms with E-state index in [1.807, 2.05) is 5.38 Å². The van der Waals surface area contributed by atoms with Crippen LogP contribution in [0, 0.1) is 0 Å². The lowest BCUT2D eigenvalue weighted by Crippen LogP contribution is -2.22. The summed E-state index contributed by atoms with van der Waals surface area (Å²) in [7, 11) is 0. The number of carbonyl (C=O) groups is 1. The number of hydrogen-bond acceptors (Lipinski definition) is 4. The Morgan fingerprint density at radius 2 is 2.33 bits per heavy atom. The number of furan rings is 1. The van der Waals surface area contributed by atoms with Gasteiger partial charge in [0.1, 0.15) is 0 Å². The molecule has 0 aromatic carbocycles. The van der Waals surface area contributed by atoms with E-state index in [2.05, 4.69) is 40.1 Å². The predicted molar refractivity (Wildman–Crippen MR) is 73.8 cm³/mol. The van der Waals surface area contributed by atoms with Gasteiger partial charge in [-0.05, 0) is 28.1 Å². The van der Waals surface area contributed by atoms with Gasteiger partial charge < -0.3 is 9.73 Å². The Balaban J connectivity index is 1.93. The number of aromatic nitrogens is 1. The van der Waals surface area contributed by atoms with Crippen LogP contribution >= 0.6 is 27.3 Å². The number of hydrogen-bond donors (Lipinski definition) is 1. The smallest absolute Gasteiger partial charge is 0.287 e. The summed E-state index contributed by atoms with van der Waals surface area (Å²) in [5.41, 5.74) is 0.877. The molecule has 0 aliphatic rings. The Bertz CT molecular complexity index is 548. The Kier molecular flexibility index (Phi) is 4.19. The van der Waals surface area contributed by atoms with Gasteiger partial charge in [-0.3, -0.25) is 4.79 Å². The molecule has 0 fully saturated rings. The Labute approximate surface area is 118 Å². The van der Waals surface area contributed by atoms with Gasteiger partial charge in [-0.15, -0.1) is 11.3 Å². The maximum absolute atomic E-state index is 11.7. The van der Waals surface area contributed by atoms with Crippen molar-refractivity contribution in [3.63, 3.8) is 0 Å². The number of halogens is 1. The summed E-state index contributed by atoms with van der Waals surface area (Å²) >= 11 is 4.77. The van der Waals surface area contributed by atoms with Crippen LogP contribution in [0.15, 0.2) is 26.6 Å². The number of nitrogens with zero attached hydrogens (tertiary/aromatic N) is 1. The van der Waals surface area contributed by atoms with Crippen LogP contribution in [0.4, 0.5) is 0 Å². The topological polar surface area (TPSA) is 55.1 Å². The normalized spacial score (nSPS) is 10.9. The molecule has 0 unspecified atom stereocenters. The number of amides is 1. The molecule has 0 atom stereocenters. The molecule has 0 saturated heterocycles. The van der Waals surface area contributed by atoms with Gasteiger partial charge in [0.25, 0.3) is 5.91 Å². The lowest BCUT2D eigenvalue weighted by molar-refractivity contribution is 0.0921. The lowest BCUT2D eigenvalue weighted by atomic mass is 10.2. The first-order valence-electron chi connectivity index (χ1n) is 5.54. The minimum atomic E-state index is -0.236. The molecule has 2 aromatic heterocycles. The highest BCUT2D eigenvalue weighted by molar-refractivity contribution is 9.10. The van der Waals surface area contributed by atoms with Crippen molar-refractivity contribution >= 4 is 33.2 Å². The van der Waals surface area contributed by atoms with E-state index in [1.54, 1.807) is 23.5 Å². The van der Waals surface area contributed by atoms with Gasteiger partial charge in [0, 0.05) is 11.3 Å². The summed E-state index contributed by atoms with van der Waals surface area (Å²) in [6.45, 7) is 4.61. The van der Waals surface area contributed by atoms with Crippen LogP contribution in [0.2, 0.25) is 0 Å². The molecule has 0 saturated carbocycles. The highest BCUT2D eigenvalue weighted by atomic mass is 79.9. The van der Waals surface area contributed by atoms with Crippen LogP contribution in [-0.4, -0.2) is 10.9 Å². The quantitative estimate of drug-likeness (QED) is 0.933. The van der Waals surface area contributed by atoms with E-state index >= 15 is 0 Å². The maximum atomic E-state index is 11.7. The molecule has 2 aromatic rings. The number of carbonyl (C=O) groups excluding carboxylic acids is 1. The molecule has 0 bridgehead atoms. The molecule has 1 N–H and O–H groups in total. The van der Waals surface area contributed by atoms with Crippen LogP contribution < -0.4 is 5.32 Å². The van der Waals surface area contributed by atoms with Crippen LogP contribution in [0.1, 0.15) is 41.0 Å². The second-order valence-corrected chi connectivity index (χ2v) is 5.79. The molecule has 2 heterocycles. The summed E-state index contributed by atoms with van der Waals surface area (Å²) in [5.74, 6) is 0.474. The third kappa shape index (κ3) is 3.20. The third-order valence-electron chi connectivity index (χ3n) is 2.29. The second-order valence-electron chi connectivity index (χ2n) is 4.12. The zero-order chi connectivity index (χ0) is 13.1. The van der Waals surface area contributed by atoms with E-state index < -0.39 is 0 Å². The molecule has 18 heavy (non-hydrogen) atoms. The Hall–Kier alpha value is -1.14. The molecule has 0 radical (unpaired) electrons. The van der Waals surface area contributed by atoms with E-state index in [1.165, 1.54) is 0 Å². The average molecular weight is 329 g/mol. The van der Waals surface area contributed by atoms with Crippen molar-refractivity contribution in [1.29, 1.82) is 0 Å². The highest BCUT2D eigenvalue weighted by Gasteiger charge is 2.11. The van der Waals surface area contributed by atoms with E-state index in [0.29, 0.717) is 22.9 Å². The van der Waals surface area contributed by atoms with Gasteiger partial charge in [0.05, 0.1) is 17.2 Å². The molecule has 96 valence electrons. The first-order valence-corrected chi connectivity index (χ1v) is 7.21. The Morgan fingerprint density at radius 3 is 2.89 bits per heavy atom. The standard InChI is InChI=1S/C12H13BrN2O2S/c1-7(2)12-15-8(6-18-12)5-14-11(16)9-3-4-10(13)17-9/h3-4,6-7H,5H2,1-2H3,(H,14,16). The van der Waals surface area contributed by atoms with Crippen LogP contribution in [0.25, 0.3) is 0 Å². The fourth-order valence-corrected chi connectivity index (χ4v) is 2.50. The van der Waals surface area contributed by atoms with Crippen LogP contribution in [-0.2, 0) is 6.54 Å². The van der Waals surface area contributed by atoms with Gasteiger partial charge in [0.2, 0.25) is 0 Å². The first-order chi connectivity index (χ1) is 8.56. The van der Waals surface area contributed by atoms with Gasteiger partial charge in [-0.25, -0.2) is 4.98 Å². The summed E-state index contributed by atoms with van der Waals surface area (Å²) in [6.07, 6.45) is 0. The van der Waals surface area contributed by atoms with Crippen LogP contribution in [0.3, 0.4) is 0 Å². The van der Waals surface area contributed by atoms with E-state index in [9.17, 15) is 4.79 Å². The van der Waals surface area contributed by atoms with E-state index in [-0.39, 0.29) is 5.91 Å². The van der Waals surface area contributed by atoms with E-state index in [0.717, 1.165) is 10.7 Å². The monoisotopic (exact) mass is 328 g/mol. The summed E-state index contributed by atoms with van der Waals surface area (Å²) in [6, 6.07) is 3.31. The van der Waals surface area contributed by atoms with Crippen molar-refractivity contribution in [2.75, 3.05) is 0 Å². The minimum Gasteiger partial charge on any atom is -0.444 e. The lowest BCUT2D eigenvalue weighted by Gasteiger charge is -2.00. The molecular formula is C12H13BrN2O2S.